The summed E-state index contributed by atoms with van der Waals surface area (Å²) in [7, 11) is 0. The van der Waals surface area contributed by atoms with E-state index in [1.54, 1.807) is 27.8 Å². The molecule has 0 aliphatic rings. The van der Waals surface area contributed by atoms with Crippen LogP contribution in [0.3, 0.4) is 0 Å². The van der Waals surface area contributed by atoms with Gasteiger partial charge in [0.15, 0.2) is 5.69 Å². The van der Waals surface area contributed by atoms with Gasteiger partial charge in [-0.15, -0.1) is 5.10 Å². The summed E-state index contributed by atoms with van der Waals surface area (Å²) in [6.45, 7) is 4.66. The number of hydrogen-bond acceptors (Lipinski definition) is 6. The first-order valence-electron chi connectivity index (χ1n) is 9.49. The number of anilines is 1. The Labute approximate surface area is 173 Å². The zero-order valence-corrected chi connectivity index (χ0v) is 16.8. The van der Waals surface area contributed by atoms with Gasteiger partial charge in [0.05, 0.1) is 18.4 Å². The number of carbonyl (C=O) groups is 1. The Morgan fingerprint density at radius 2 is 2.07 bits per heavy atom. The first-order valence-corrected chi connectivity index (χ1v) is 9.49. The molecule has 4 aromatic rings. The molecule has 0 fully saturated rings. The average Bonchev–Trinajstić information content (AvgIpc) is 3.39. The van der Waals surface area contributed by atoms with Crippen molar-refractivity contribution in [2.75, 3.05) is 5.73 Å². The Bertz CT molecular complexity index is 1160. The number of aryl methyl sites for hydroxylation is 2. The van der Waals surface area contributed by atoms with Crippen LogP contribution in [-0.4, -0.2) is 35.7 Å². The van der Waals surface area contributed by atoms with Crippen LogP contribution in [0.15, 0.2) is 55.0 Å². The van der Waals surface area contributed by atoms with Crippen LogP contribution in [0.25, 0.3) is 5.69 Å². The topological polar surface area (TPSA) is 117 Å². The van der Waals surface area contributed by atoms with Crippen molar-refractivity contribution in [3.63, 3.8) is 0 Å². The van der Waals surface area contributed by atoms with E-state index in [0.717, 1.165) is 28.1 Å². The second kappa shape index (κ2) is 8.16. The molecular weight excluding hydrogens is 380 g/mol. The largest absolute Gasteiger partial charge is 0.384 e. The molecule has 30 heavy (non-hydrogen) atoms. The van der Waals surface area contributed by atoms with E-state index in [9.17, 15) is 4.79 Å². The molecule has 9 heteroatoms. The maximum Gasteiger partial charge on any atom is 0.273 e. The molecule has 9 nitrogen and oxygen atoms in total. The van der Waals surface area contributed by atoms with Crippen LogP contribution in [0.4, 0.5) is 5.82 Å². The molecule has 0 saturated heterocycles. The predicted molar refractivity (Wildman–Crippen MR) is 112 cm³/mol. The molecule has 0 atom stereocenters. The zero-order chi connectivity index (χ0) is 21.1. The summed E-state index contributed by atoms with van der Waals surface area (Å²) in [6.07, 6.45) is 5.26. The van der Waals surface area contributed by atoms with Crippen molar-refractivity contribution in [1.29, 1.82) is 0 Å². The molecule has 0 bridgehead atoms. The molecule has 1 aromatic carbocycles. The summed E-state index contributed by atoms with van der Waals surface area (Å²) < 4.78 is 3.43. The summed E-state index contributed by atoms with van der Waals surface area (Å²) in [6, 6.07) is 11.6. The van der Waals surface area contributed by atoms with Gasteiger partial charge >= 0.3 is 0 Å². The zero-order valence-electron chi connectivity index (χ0n) is 16.8. The minimum Gasteiger partial charge on any atom is -0.384 e. The lowest BCUT2D eigenvalue weighted by molar-refractivity contribution is 0.0945. The van der Waals surface area contributed by atoms with E-state index in [2.05, 4.69) is 25.7 Å². The van der Waals surface area contributed by atoms with Crippen molar-refractivity contribution >= 4 is 11.7 Å². The number of nitrogens with two attached hydrogens (primary N) is 1. The van der Waals surface area contributed by atoms with Crippen LogP contribution in [0.2, 0.25) is 0 Å². The summed E-state index contributed by atoms with van der Waals surface area (Å²) in [5, 5.41) is 15.2. The molecule has 0 radical (unpaired) electrons. The maximum atomic E-state index is 12.5. The number of nitrogen functional groups attached to an aromatic ring is 1. The highest BCUT2D eigenvalue weighted by molar-refractivity contribution is 5.91. The number of nitrogens with one attached hydrogen (secondary N) is 1. The third kappa shape index (κ3) is 4.19. The average molecular weight is 402 g/mol. The maximum absolute atomic E-state index is 12.5. The number of rotatable bonds is 6. The van der Waals surface area contributed by atoms with Gasteiger partial charge < -0.3 is 11.1 Å². The van der Waals surface area contributed by atoms with E-state index >= 15 is 0 Å². The second-order valence-corrected chi connectivity index (χ2v) is 7.03. The molecule has 3 N–H and O–H groups in total. The molecule has 0 unspecified atom stereocenters. The molecule has 1 amide bonds. The lowest BCUT2D eigenvalue weighted by atomic mass is 10.1. The van der Waals surface area contributed by atoms with E-state index in [-0.39, 0.29) is 11.6 Å². The Morgan fingerprint density at radius 1 is 1.20 bits per heavy atom. The van der Waals surface area contributed by atoms with Gasteiger partial charge in [-0.3, -0.25) is 4.79 Å². The Balaban J connectivity index is 1.42. The molecule has 0 aliphatic carbocycles. The fourth-order valence-electron chi connectivity index (χ4n) is 3.30. The third-order valence-corrected chi connectivity index (χ3v) is 4.80. The Morgan fingerprint density at radius 3 is 2.83 bits per heavy atom. The van der Waals surface area contributed by atoms with Gasteiger partial charge in [0.25, 0.3) is 5.91 Å². The fraction of sp³-hybridized carbons (Fsp3) is 0.190. The van der Waals surface area contributed by atoms with E-state index in [0.29, 0.717) is 18.9 Å². The van der Waals surface area contributed by atoms with Crippen molar-refractivity contribution in [1.82, 2.24) is 35.1 Å². The van der Waals surface area contributed by atoms with Crippen LogP contribution in [0.1, 0.15) is 32.9 Å². The summed E-state index contributed by atoms with van der Waals surface area (Å²) >= 11 is 0. The molecule has 0 spiro atoms. The highest BCUT2D eigenvalue weighted by atomic mass is 16.2. The van der Waals surface area contributed by atoms with Crippen molar-refractivity contribution in [3.8, 4) is 5.69 Å². The van der Waals surface area contributed by atoms with Gasteiger partial charge in [0, 0.05) is 24.6 Å². The van der Waals surface area contributed by atoms with Gasteiger partial charge in [0.1, 0.15) is 5.82 Å². The van der Waals surface area contributed by atoms with Gasteiger partial charge in [-0.2, -0.15) is 5.10 Å². The summed E-state index contributed by atoms with van der Waals surface area (Å²) in [5.41, 5.74) is 10.7. The van der Waals surface area contributed by atoms with Crippen molar-refractivity contribution in [2.24, 2.45) is 0 Å². The molecule has 4 rings (SSSR count). The molecular formula is C21H22N8O. The number of pyridine rings is 1. The summed E-state index contributed by atoms with van der Waals surface area (Å²) in [5.74, 6) is 0.182. The first kappa shape index (κ1) is 19.3. The number of benzene rings is 1. The molecule has 0 aliphatic heterocycles. The van der Waals surface area contributed by atoms with Gasteiger partial charge in [-0.25, -0.2) is 14.3 Å². The van der Waals surface area contributed by atoms with Crippen LogP contribution in [0, 0.1) is 13.8 Å². The minimum atomic E-state index is -0.290. The number of hydrogen-bond donors (Lipinski definition) is 2. The second-order valence-electron chi connectivity index (χ2n) is 7.03. The number of nitrogens with zero attached hydrogens (tertiary/aromatic N) is 6. The van der Waals surface area contributed by atoms with E-state index < -0.39 is 0 Å². The van der Waals surface area contributed by atoms with Crippen LogP contribution in [-0.2, 0) is 13.1 Å². The Kier molecular flexibility index (Phi) is 5.25. The van der Waals surface area contributed by atoms with Crippen molar-refractivity contribution in [2.45, 2.75) is 26.9 Å². The highest BCUT2D eigenvalue weighted by Gasteiger charge is 2.13. The highest BCUT2D eigenvalue weighted by Crippen LogP contribution is 2.15. The normalized spacial score (nSPS) is 10.9. The van der Waals surface area contributed by atoms with Crippen molar-refractivity contribution < 1.29 is 4.79 Å². The minimum absolute atomic E-state index is 0.261. The fourth-order valence-corrected chi connectivity index (χ4v) is 3.30. The molecule has 0 saturated carbocycles. The smallest absolute Gasteiger partial charge is 0.273 e. The molecule has 152 valence electrons. The lowest BCUT2D eigenvalue weighted by Gasteiger charge is -2.10. The lowest BCUT2D eigenvalue weighted by Crippen LogP contribution is -2.24. The van der Waals surface area contributed by atoms with E-state index in [1.807, 2.05) is 50.4 Å². The first-order chi connectivity index (χ1) is 14.5. The van der Waals surface area contributed by atoms with Crippen LogP contribution >= 0.6 is 0 Å². The third-order valence-electron chi connectivity index (χ3n) is 4.80. The van der Waals surface area contributed by atoms with Gasteiger partial charge in [-0.05, 0) is 54.8 Å². The Hall–Kier alpha value is -4.01. The van der Waals surface area contributed by atoms with E-state index in [1.165, 1.54) is 0 Å². The monoisotopic (exact) mass is 402 g/mol. The quantitative estimate of drug-likeness (QED) is 0.510. The molecule has 3 aromatic heterocycles. The molecule has 3 heterocycles. The van der Waals surface area contributed by atoms with Gasteiger partial charge in [-0.1, -0.05) is 17.3 Å². The summed E-state index contributed by atoms with van der Waals surface area (Å²) in [4.78, 5) is 16.7. The van der Waals surface area contributed by atoms with Crippen LogP contribution in [0.5, 0.6) is 0 Å². The number of amides is 1. The van der Waals surface area contributed by atoms with Crippen LogP contribution < -0.4 is 11.1 Å². The number of carbonyl (C=O) groups excluding carboxylic acids is 1. The van der Waals surface area contributed by atoms with E-state index in [4.69, 9.17) is 5.73 Å². The number of aromatic nitrogens is 6. The predicted octanol–water partition coefficient (Wildman–Crippen LogP) is 2.04. The SMILES string of the molecule is Cc1cc(N)nc(C)c1CNC(=O)c1cn(Cc2cccc(-n3cccn3)c2)nn1. The van der Waals surface area contributed by atoms with Crippen molar-refractivity contribution in [3.05, 3.63) is 83.1 Å². The standard InChI is InChI=1S/C21H22N8O/c1-14-9-20(22)25-15(2)18(14)11-23-21(30)19-13-28(27-26-19)12-16-5-3-6-17(10-16)29-8-4-7-24-29/h3-10,13H,11-12H2,1-2H3,(H2,22,25)(H,23,30). The van der Waals surface area contributed by atoms with Gasteiger partial charge in [0.2, 0.25) is 0 Å².